The molecule has 0 unspecified atom stereocenters. The van der Waals surface area contributed by atoms with Gasteiger partial charge in [-0.05, 0) is 13.8 Å². The Morgan fingerprint density at radius 2 is 1.60 bits per heavy atom. The number of hydrogen-bond acceptors (Lipinski definition) is 3. The van der Waals surface area contributed by atoms with E-state index < -0.39 is 5.69 Å². The molecule has 1 aromatic heterocycles. The van der Waals surface area contributed by atoms with Crippen molar-refractivity contribution in [2.45, 2.75) is 13.8 Å². The van der Waals surface area contributed by atoms with Crippen LogP contribution in [0.25, 0.3) is 0 Å². The van der Waals surface area contributed by atoms with E-state index in [0.29, 0.717) is 11.6 Å². The fraction of sp³-hybridized carbons (Fsp3) is 0.500. The van der Waals surface area contributed by atoms with E-state index in [4.69, 9.17) is 0 Å². The lowest BCUT2D eigenvalue weighted by molar-refractivity contribution is 0.713. The van der Waals surface area contributed by atoms with Crippen molar-refractivity contribution in [3.05, 3.63) is 22.1 Å². The zero-order chi connectivity index (χ0) is 7.72. The first kappa shape index (κ1) is 6.92. The van der Waals surface area contributed by atoms with Crippen molar-refractivity contribution in [3.8, 4) is 0 Å². The lowest BCUT2D eigenvalue weighted by Gasteiger charge is -2.03. The number of aryl methyl sites for hydroxylation is 2. The van der Waals surface area contributed by atoms with Crippen LogP contribution in [0.3, 0.4) is 0 Å². The van der Waals surface area contributed by atoms with E-state index in [-0.39, 0.29) is 0 Å². The van der Waals surface area contributed by atoms with Gasteiger partial charge >= 0.3 is 5.69 Å². The van der Waals surface area contributed by atoms with Gasteiger partial charge in [0, 0.05) is 7.05 Å². The summed E-state index contributed by atoms with van der Waals surface area (Å²) in [6.07, 6.45) is 0. The van der Waals surface area contributed by atoms with Crippen molar-refractivity contribution in [1.29, 1.82) is 0 Å². The van der Waals surface area contributed by atoms with Crippen LogP contribution < -0.4 is 5.69 Å². The first-order chi connectivity index (χ1) is 4.61. The van der Waals surface area contributed by atoms with Crippen molar-refractivity contribution in [3.63, 3.8) is 0 Å². The highest BCUT2D eigenvalue weighted by Gasteiger charge is 1.96. The predicted octanol–water partition coefficient (Wildman–Crippen LogP) is -0.208. The molecule has 0 fully saturated rings. The van der Waals surface area contributed by atoms with Crippen molar-refractivity contribution >= 4 is 0 Å². The SMILES string of the molecule is Cc1nc(=O)nc(C)n1C. The molecule has 4 heteroatoms. The fourth-order valence-electron chi connectivity index (χ4n) is 0.686. The van der Waals surface area contributed by atoms with Crippen LogP contribution in [0.2, 0.25) is 0 Å². The number of rotatable bonds is 0. The molecule has 54 valence electrons. The highest BCUT2D eigenvalue weighted by molar-refractivity contribution is 4.89. The van der Waals surface area contributed by atoms with Gasteiger partial charge in [0.2, 0.25) is 0 Å². The van der Waals surface area contributed by atoms with E-state index in [2.05, 4.69) is 9.97 Å². The van der Waals surface area contributed by atoms with Crippen LogP contribution in [-0.4, -0.2) is 14.5 Å². The Morgan fingerprint density at radius 3 is 2.00 bits per heavy atom. The summed E-state index contributed by atoms with van der Waals surface area (Å²) in [4.78, 5) is 17.9. The summed E-state index contributed by atoms with van der Waals surface area (Å²) in [5, 5.41) is 0. The molecule has 0 aliphatic rings. The van der Waals surface area contributed by atoms with E-state index in [1.54, 1.807) is 18.4 Å². The average Bonchev–Trinajstić information content (AvgIpc) is 1.82. The van der Waals surface area contributed by atoms with E-state index in [0.717, 1.165) is 0 Å². The maximum Gasteiger partial charge on any atom is 0.370 e. The van der Waals surface area contributed by atoms with E-state index in [9.17, 15) is 4.79 Å². The summed E-state index contributed by atoms with van der Waals surface area (Å²) < 4.78 is 1.77. The van der Waals surface area contributed by atoms with Crippen LogP contribution in [0.5, 0.6) is 0 Å². The molecule has 1 heterocycles. The van der Waals surface area contributed by atoms with Crippen molar-refractivity contribution in [2.75, 3.05) is 0 Å². The normalized spacial score (nSPS) is 9.90. The third kappa shape index (κ3) is 1.05. The van der Waals surface area contributed by atoms with Gasteiger partial charge in [-0.3, -0.25) is 0 Å². The van der Waals surface area contributed by atoms with Crippen LogP contribution in [0.15, 0.2) is 4.79 Å². The molecular formula is C6H9N3O. The minimum atomic E-state index is -0.409. The second-order valence-corrected chi connectivity index (χ2v) is 2.16. The third-order valence-electron chi connectivity index (χ3n) is 1.49. The second kappa shape index (κ2) is 2.21. The molecule has 0 spiro atoms. The lowest BCUT2D eigenvalue weighted by Crippen LogP contribution is -2.19. The third-order valence-corrected chi connectivity index (χ3v) is 1.49. The molecule has 0 amide bonds. The number of nitrogens with zero attached hydrogens (tertiary/aromatic N) is 3. The van der Waals surface area contributed by atoms with Crippen LogP contribution >= 0.6 is 0 Å². The molecule has 0 saturated carbocycles. The van der Waals surface area contributed by atoms with Crippen molar-refractivity contribution in [1.82, 2.24) is 14.5 Å². The van der Waals surface area contributed by atoms with Crippen molar-refractivity contribution < 1.29 is 0 Å². The van der Waals surface area contributed by atoms with Crippen LogP contribution in [0.4, 0.5) is 0 Å². The maximum absolute atomic E-state index is 10.6. The summed E-state index contributed by atoms with van der Waals surface area (Å²) in [5.41, 5.74) is -0.409. The quantitative estimate of drug-likeness (QED) is 0.499. The molecule has 0 aliphatic heterocycles. The van der Waals surface area contributed by atoms with E-state index in [1.165, 1.54) is 0 Å². The molecule has 4 nitrogen and oxygen atoms in total. The molecule has 0 radical (unpaired) electrons. The van der Waals surface area contributed by atoms with Gasteiger partial charge < -0.3 is 4.57 Å². The Labute approximate surface area is 58.6 Å². The molecule has 1 aromatic rings. The highest BCUT2D eigenvalue weighted by Crippen LogP contribution is 1.88. The van der Waals surface area contributed by atoms with Gasteiger partial charge in [0.1, 0.15) is 11.6 Å². The molecular weight excluding hydrogens is 130 g/mol. The molecule has 0 bridgehead atoms. The first-order valence-electron chi connectivity index (χ1n) is 2.99. The largest absolute Gasteiger partial charge is 0.370 e. The number of aromatic nitrogens is 3. The van der Waals surface area contributed by atoms with Crippen LogP contribution in [0.1, 0.15) is 11.6 Å². The fourth-order valence-corrected chi connectivity index (χ4v) is 0.686. The van der Waals surface area contributed by atoms with Gasteiger partial charge in [0.05, 0.1) is 0 Å². The highest BCUT2D eigenvalue weighted by atomic mass is 16.1. The smallest absolute Gasteiger partial charge is 0.321 e. The first-order valence-corrected chi connectivity index (χ1v) is 2.99. The lowest BCUT2D eigenvalue weighted by atomic mass is 10.6. The van der Waals surface area contributed by atoms with Crippen molar-refractivity contribution in [2.24, 2.45) is 7.05 Å². The molecule has 0 saturated heterocycles. The second-order valence-electron chi connectivity index (χ2n) is 2.16. The Balaban J connectivity index is 3.46. The average molecular weight is 139 g/mol. The standard InChI is InChI=1S/C6H9N3O/c1-4-7-6(10)8-5(2)9(4)3/h1-3H3. The zero-order valence-corrected chi connectivity index (χ0v) is 6.25. The van der Waals surface area contributed by atoms with Gasteiger partial charge in [-0.15, -0.1) is 0 Å². The minimum absolute atomic E-state index is 0.409. The van der Waals surface area contributed by atoms with E-state index >= 15 is 0 Å². The molecule has 10 heavy (non-hydrogen) atoms. The summed E-state index contributed by atoms with van der Waals surface area (Å²) in [6, 6.07) is 0. The Kier molecular flexibility index (Phi) is 1.53. The summed E-state index contributed by atoms with van der Waals surface area (Å²) >= 11 is 0. The summed E-state index contributed by atoms with van der Waals surface area (Å²) in [6.45, 7) is 3.55. The minimum Gasteiger partial charge on any atom is -0.321 e. The van der Waals surface area contributed by atoms with Gasteiger partial charge in [0.25, 0.3) is 0 Å². The number of hydrogen-bond donors (Lipinski definition) is 0. The van der Waals surface area contributed by atoms with Gasteiger partial charge in [-0.2, -0.15) is 9.97 Å². The summed E-state index contributed by atoms with van der Waals surface area (Å²) in [7, 11) is 1.82. The maximum atomic E-state index is 10.6. The summed E-state index contributed by atoms with van der Waals surface area (Å²) in [5.74, 6) is 1.38. The van der Waals surface area contributed by atoms with Crippen LogP contribution in [-0.2, 0) is 7.05 Å². The Morgan fingerprint density at radius 1 is 1.20 bits per heavy atom. The monoisotopic (exact) mass is 139 g/mol. The molecule has 0 atom stereocenters. The molecule has 0 aromatic carbocycles. The van der Waals surface area contributed by atoms with E-state index in [1.807, 2.05) is 7.05 Å². The van der Waals surface area contributed by atoms with Gasteiger partial charge in [-0.25, -0.2) is 4.79 Å². The molecule has 0 aliphatic carbocycles. The topological polar surface area (TPSA) is 47.8 Å². The Bertz CT molecular complexity index is 276. The predicted molar refractivity (Wildman–Crippen MR) is 36.7 cm³/mol. The Hall–Kier alpha value is -1.19. The van der Waals surface area contributed by atoms with Crippen LogP contribution in [0, 0.1) is 13.8 Å². The van der Waals surface area contributed by atoms with Gasteiger partial charge in [0.15, 0.2) is 0 Å². The zero-order valence-electron chi connectivity index (χ0n) is 6.25. The van der Waals surface area contributed by atoms with Gasteiger partial charge in [-0.1, -0.05) is 0 Å². The molecule has 1 rings (SSSR count). The molecule has 0 N–H and O–H groups in total.